The molecule has 2 aromatic carbocycles. The summed E-state index contributed by atoms with van der Waals surface area (Å²) >= 11 is 1.28. The summed E-state index contributed by atoms with van der Waals surface area (Å²) in [6, 6.07) is 15.9. The van der Waals surface area contributed by atoms with Crippen LogP contribution < -0.4 is 10.7 Å². The second-order valence-corrected chi connectivity index (χ2v) is 6.62. The number of furan rings is 1. The maximum absolute atomic E-state index is 13.3. The van der Waals surface area contributed by atoms with Crippen molar-refractivity contribution in [1.82, 2.24) is 0 Å². The first kappa shape index (κ1) is 16.2. The lowest BCUT2D eigenvalue weighted by Gasteiger charge is -2.11. The zero-order valence-corrected chi connectivity index (χ0v) is 14.2. The van der Waals surface area contributed by atoms with Gasteiger partial charge in [0.15, 0.2) is 11.2 Å². The Labute approximate surface area is 151 Å². The van der Waals surface area contributed by atoms with E-state index in [2.05, 4.69) is 5.32 Å². The molecule has 128 valence electrons. The largest absolute Gasteiger partial charge is 0.459 e. The van der Waals surface area contributed by atoms with Gasteiger partial charge in [-0.05, 0) is 42.0 Å². The van der Waals surface area contributed by atoms with Crippen molar-refractivity contribution in [1.29, 1.82) is 0 Å². The lowest BCUT2D eigenvalue weighted by atomic mass is 10.1. The quantitative estimate of drug-likeness (QED) is 0.561. The van der Waals surface area contributed by atoms with E-state index in [1.807, 2.05) is 12.1 Å². The summed E-state index contributed by atoms with van der Waals surface area (Å²) in [5.41, 5.74) is 0.641. The Morgan fingerprint density at radius 2 is 1.77 bits per heavy atom. The van der Waals surface area contributed by atoms with Crippen LogP contribution >= 0.6 is 11.3 Å². The molecule has 26 heavy (non-hydrogen) atoms. The van der Waals surface area contributed by atoms with Crippen LogP contribution in [-0.4, -0.2) is 5.91 Å². The van der Waals surface area contributed by atoms with Gasteiger partial charge in [-0.2, -0.15) is 0 Å². The molecule has 0 bridgehead atoms. The second kappa shape index (κ2) is 6.57. The molecule has 1 amide bonds. The average molecular weight is 365 g/mol. The minimum absolute atomic E-state index is 0.142. The molecule has 0 aliphatic carbocycles. The Hall–Kier alpha value is -3.25. The summed E-state index contributed by atoms with van der Waals surface area (Å²) in [4.78, 5) is 25.4. The number of benzene rings is 2. The number of carbonyl (C=O) groups excluding carboxylic acids is 1. The molecule has 2 aromatic heterocycles. The van der Waals surface area contributed by atoms with E-state index < -0.39 is 11.7 Å². The number of rotatable bonds is 3. The smallest absolute Gasteiger partial charge is 0.291 e. The zero-order valence-electron chi connectivity index (χ0n) is 13.4. The van der Waals surface area contributed by atoms with Crippen molar-refractivity contribution < 1.29 is 13.6 Å². The number of halogens is 1. The van der Waals surface area contributed by atoms with Gasteiger partial charge < -0.3 is 9.73 Å². The topological polar surface area (TPSA) is 59.3 Å². The molecule has 4 aromatic rings. The molecule has 0 radical (unpaired) electrons. The van der Waals surface area contributed by atoms with Crippen molar-refractivity contribution >= 4 is 32.3 Å². The third-order valence-corrected chi connectivity index (χ3v) is 4.99. The highest BCUT2D eigenvalue weighted by atomic mass is 32.1. The van der Waals surface area contributed by atoms with Gasteiger partial charge in [0.2, 0.25) is 0 Å². The summed E-state index contributed by atoms with van der Waals surface area (Å²) < 4.78 is 19.2. The first-order valence-corrected chi connectivity index (χ1v) is 8.62. The molecule has 0 atom stereocenters. The van der Waals surface area contributed by atoms with Crippen LogP contribution in [0.25, 0.3) is 21.2 Å². The van der Waals surface area contributed by atoms with Crippen molar-refractivity contribution in [3.63, 3.8) is 0 Å². The van der Waals surface area contributed by atoms with E-state index in [9.17, 15) is 14.0 Å². The van der Waals surface area contributed by atoms with Crippen molar-refractivity contribution in [2.75, 3.05) is 5.32 Å². The van der Waals surface area contributed by atoms with Gasteiger partial charge in [0.05, 0.1) is 11.8 Å². The van der Waals surface area contributed by atoms with Gasteiger partial charge >= 0.3 is 0 Å². The zero-order chi connectivity index (χ0) is 18.1. The number of anilines is 1. The fraction of sp³-hybridized carbons (Fsp3) is 0. The third kappa shape index (κ3) is 2.91. The number of amides is 1. The maximum Gasteiger partial charge on any atom is 0.291 e. The van der Waals surface area contributed by atoms with Crippen LogP contribution in [0.1, 0.15) is 10.6 Å². The van der Waals surface area contributed by atoms with Crippen molar-refractivity contribution in [3.05, 3.63) is 88.7 Å². The number of hydrogen-bond acceptors (Lipinski definition) is 4. The van der Waals surface area contributed by atoms with Crippen molar-refractivity contribution in [2.24, 2.45) is 0 Å². The summed E-state index contributed by atoms with van der Waals surface area (Å²) in [6.07, 6.45) is 1.40. The highest BCUT2D eigenvalue weighted by Crippen LogP contribution is 2.33. The van der Waals surface area contributed by atoms with Crippen molar-refractivity contribution in [2.45, 2.75) is 0 Å². The Kier molecular flexibility index (Phi) is 4.10. The normalized spacial score (nSPS) is 10.8. The summed E-state index contributed by atoms with van der Waals surface area (Å²) in [7, 11) is 0. The number of hydrogen-bond donors (Lipinski definition) is 1. The Bertz CT molecular complexity index is 1150. The van der Waals surface area contributed by atoms with Crippen LogP contribution in [0.2, 0.25) is 0 Å². The number of nitrogens with one attached hydrogen (secondary N) is 1. The minimum atomic E-state index is -0.454. The predicted octanol–water partition coefficient (Wildman–Crippen LogP) is 4.91. The molecule has 0 aliphatic rings. The molecule has 4 nitrogen and oxygen atoms in total. The van der Waals surface area contributed by atoms with Gasteiger partial charge in [-0.3, -0.25) is 9.59 Å². The molecule has 6 heteroatoms. The molecule has 0 saturated heterocycles. The number of carbonyl (C=O) groups is 1. The lowest BCUT2D eigenvalue weighted by molar-refractivity contribution is 0.0997. The SMILES string of the molecule is O=C(Nc1sc2ccccc2c(=O)c1-c1ccc(F)cc1)c1ccco1. The number of fused-ring (bicyclic) bond motifs is 1. The Morgan fingerprint density at radius 1 is 1.00 bits per heavy atom. The highest BCUT2D eigenvalue weighted by molar-refractivity contribution is 7.22. The van der Waals surface area contributed by atoms with Crippen LogP contribution in [0.15, 0.2) is 76.1 Å². The molecule has 0 aliphatic heterocycles. The predicted molar refractivity (Wildman–Crippen MR) is 100 cm³/mol. The summed E-state index contributed by atoms with van der Waals surface area (Å²) in [5.74, 6) is -0.709. The van der Waals surface area contributed by atoms with Crippen LogP contribution in [0.3, 0.4) is 0 Å². The van der Waals surface area contributed by atoms with Gasteiger partial charge in [0.25, 0.3) is 5.91 Å². The van der Waals surface area contributed by atoms with Crippen LogP contribution in [0.4, 0.5) is 9.39 Å². The van der Waals surface area contributed by atoms with Crippen LogP contribution in [0, 0.1) is 5.82 Å². The molecule has 2 heterocycles. The third-order valence-electron chi connectivity index (χ3n) is 3.90. The molecule has 0 saturated carbocycles. The van der Waals surface area contributed by atoms with Gasteiger partial charge in [0.1, 0.15) is 10.8 Å². The fourth-order valence-electron chi connectivity index (χ4n) is 2.68. The van der Waals surface area contributed by atoms with Gasteiger partial charge in [-0.1, -0.05) is 24.3 Å². The van der Waals surface area contributed by atoms with E-state index in [1.165, 1.54) is 47.9 Å². The average Bonchev–Trinajstić information content (AvgIpc) is 3.18. The van der Waals surface area contributed by atoms with Crippen molar-refractivity contribution in [3.8, 4) is 11.1 Å². The molecular formula is C20H12FNO3S. The van der Waals surface area contributed by atoms with Crippen LogP contribution in [0.5, 0.6) is 0 Å². The van der Waals surface area contributed by atoms with Gasteiger partial charge in [-0.15, -0.1) is 11.3 Å². The second-order valence-electron chi connectivity index (χ2n) is 5.57. The monoisotopic (exact) mass is 365 g/mol. The summed E-state index contributed by atoms with van der Waals surface area (Å²) in [6.45, 7) is 0. The first-order valence-electron chi connectivity index (χ1n) is 7.80. The van der Waals surface area contributed by atoms with E-state index >= 15 is 0 Å². The fourth-order valence-corrected chi connectivity index (χ4v) is 3.77. The first-order chi connectivity index (χ1) is 12.6. The highest BCUT2D eigenvalue weighted by Gasteiger charge is 2.18. The van der Waals surface area contributed by atoms with E-state index in [1.54, 1.807) is 18.2 Å². The van der Waals surface area contributed by atoms with Gasteiger partial charge in [-0.25, -0.2) is 4.39 Å². The minimum Gasteiger partial charge on any atom is -0.459 e. The maximum atomic E-state index is 13.3. The molecule has 4 rings (SSSR count). The molecule has 0 spiro atoms. The molecule has 0 fully saturated rings. The Morgan fingerprint density at radius 3 is 2.50 bits per heavy atom. The standard InChI is InChI=1S/C20H12FNO3S/c21-13-9-7-12(8-10-13)17-18(23)14-4-1-2-6-16(14)26-20(17)22-19(24)15-5-3-11-25-15/h1-11H,(H,22,24). The van der Waals surface area contributed by atoms with E-state index in [4.69, 9.17) is 4.42 Å². The van der Waals surface area contributed by atoms with Gasteiger partial charge in [0, 0.05) is 10.1 Å². The Balaban J connectivity index is 1.92. The summed E-state index contributed by atoms with van der Waals surface area (Å²) in [5, 5.41) is 3.69. The van der Waals surface area contributed by atoms with E-state index in [0.717, 1.165) is 4.70 Å². The van der Waals surface area contributed by atoms with Crippen LogP contribution in [-0.2, 0) is 0 Å². The lowest BCUT2D eigenvalue weighted by Crippen LogP contribution is -2.15. The molecule has 1 N–H and O–H groups in total. The van der Waals surface area contributed by atoms with E-state index in [0.29, 0.717) is 21.5 Å². The van der Waals surface area contributed by atoms with E-state index in [-0.39, 0.29) is 11.2 Å². The molecular weight excluding hydrogens is 353 g/mol. The molecule has 0 unspecified atom stereocenters.